The maximum Gasteiger partial charge on any atom is 0.352 e. The number of carbonyl (C=O) groups is 1. The van der Waals surface area contributed by atoms with Crippen molar-refractivity contribution < 1.29 is 14.6 Å². The first kappa shape index (κ1) is 8.49. The molecule has 14 heavy (non-hydrogen) atoms. The number of H-pyrrole nitrogens is 1. The van der Waals surface area contributed by atoms with E-state index in [-0.39, 0.29) is 5.69 Å². The molecule has 6 heteroatoms. The van der Waals surface area contributed by atoms with Crippen molar-refractivity contribution in [2.75, 3.05) is 7.11 Å². The maximum absolute atomic E-state index is 10.6. The van der Waals surface area contributed by atoms with Gasteiger partial charge in [-0.05, 0) is 6.07 Å². The van der Waals surface area contributed by atoms with E-state index >= 15 is 0 Å². The van der Waals surface area contributed by atoms with E-state index in [9.17, 15) is 4.79 Å². The summed E-state index contributed by atoms with van der Waals surface area (Å²) >= 11 is 0. The lowest BCUT2D eigenvalue weighted by molar-refractivity contribution is 0.0691. The highest BCUT2D eigenvalue weighted by atomic mass is 16.5. The van der Waals surface area contributed by atoms with Gasteiger partial charge in [-0.25, -0.2) is 4.79 Å². The molecule has 0 amide bonds. The molecule has 2 aromatic heterocycles. The van der Waals surface area contributed by atoms with Gasteiger partial charge in [-0.3, -0.25) is 0 Å². The van der Waals surface area contributed by atoms with E-state index in [1.807, 2.05) is 0 Å². The van der Waals surface area contributed by atoms with Crippen molar-refractivity contribution >= 4 is 17.0 Å². The van der Waals surface area contributed by atoms with E-state index in [4.69, 9.17) is 9.84 Å². The molecule has 0 aliphatic heterocycles. The summed E-state index contributed by atoms with van der Waals surface area (Å²) in [5, 5.41) is 16.7. The molecule has 0 saturated carbocycles. The van der Waals surface area contributed by atoms with Crippen molar-refractivity contribution in [3.63, 3.8) is 0 Å². The standard InChI is InChI=1S/C8H7N3O3/c1-14-6-3-9-11-7-4(6)2-5(10-7)8(12)13/h2-3H,1H3,(H,10,11)(H,12,13). The number of rotatable bonds is 2. The third-order valence-corrected chi connectivity index (χ3v) is 1.85. The zero-order valence-corrected chi connectivity index (χ0v) is 7.31. The topological polar surface area (TPSA) is 88.1 Å². The highest BCUT2D eigenvalue weighted by molar-refractivity contribution is 5.94. The number of hydrogen-bond donors (Lipinski definition) is 2. The first-order chi connectivity index (χ1) is 6.72. The summed E-state index contributed by atoms with van der Waals surface area (Å²) in [6, 6.07) is 1.46. The lowest BCUT2D eigenvalue weighted by atomic mass is 10.3. The molecule has 2 aromatic rings. The van der Waals surface area contributed by atoms with Crippen molar-refractivity contribution in [1.29, 1.82) is 0 Å². The molecule has 0 radical (unpaired) electrons. The molecule has 0 atom stereocenters. The van der Waals surface area contributed by atoms with Crippen molar-refractivity contribution in [1.82, 2.24) is 15.2 Å². The third kappa shape index (κ3) is 1.17. The molecule has 0 unspecified atom stereocenters. The summed E-state index contributed by atoms with van der Waals surface area (Å²) in [5.41, 5.74) is 0.473. The average Bonchev–Trinajstić information content (AvgIpc) is 2.60. The van der Waals surface area contributed by atoms with Gasteiger partial charge in [-0.1, -0.05) is 0 Å². The van der Waals surface area contributed by atoms with Crippen LogP contribution in [0.1, 0.15) is 10.5 Å². The molecule has 0 saturated heterocycles. The van der Waals surface area contributed by atoms with Crippen molar-refractivity contribution in [2.24, 2.45) is 0 Å². The van der Waals surface area contributed by atoms with Gasteiger partial charge in [-0.2, -0.15) is 5.10 Å². The minimum atomic E-state index is -1.04. The zero-order valence-electron chi connectivity index (χ0n) is 7.31. The van der Waals surface area contributed by atoms with Crippen LogP contribution in [0.3, 0.4) is 0 Å². The minimum Gasteiger partial charge on any atom is -0.494 e. The first-order valence-electron chi connectivity index (χ1n) is 3.84. The predicted molar refractivity (Wildman–Crippen MR) is 47.4 cm³/mol. The lowest BCUT2D eigenvalue weighted by Gasteiger charge is -1.97. The molecule has 2 heterocycles. The second-order valence-corrected chi connectivity index (χ2v) is 2.66. The maximum atomic E-state index is 10.6. The van der Waals surface area contributed by atoms with Gasteiger partial charge in [0, 0.05) is 0 Å². The largest absolute Gasteiger partial charge is 0.494 e. The molecule has 72 valence electrons. The number of hydrogen-bond acceptors (Lipinski definition) is 4. The molecular weight excluding hydrogens is 186 g/mol. The number of nitrogens with one attached hydrogen (secondary N) is 1. The van der Waals surface area contributed by atoms with Crippen LogP contribution >= 0.6 is 0 Å². The molecule has 0 aliphatic carbocycles. The van der Waals surface area contributed by atoms with Crippen LogP contribution in [-0.2, 0) is 0 Å². The molecule has 0 bridgehead atoms. The average molecular weight is 193 g/mol. The Morgan fingerprint density at radius 1 is 1.64 bits per heavy atom. The summed E-state index contributed by atoms with van der Waals surface area (Å²) in [7, 11) is 1.49. The molecule has 0 aliphatic rings. The molecule has 0 fully saturated rings. The number of ether oxygens (including phenoxy) is 1. The molecular formula is C8H7N3O3. The predicted octanol–water partition coefficient (Wildman–Crippen LogP) is 0.665. The number of aromatic nitrogens is 3. The molecule has 2 rings (SSSR count). The van der Waals surface area contributed by atoms with E-state index in [1.54, 1.807) is 0 Å². The highest BCUT2D eigenvalue weighted by Crippen LogP contribution is 2.22. The zero-order chi connectivity index (χ0) is 10.1. The fourth-order valence-electron chi connectivity index (χ4n) is 1.20. The number of carboxylic acid groups (broad SMARTS) is 1. The van der Waals surface area contributed by atoms with Gasteiger partial charge < -0.3 is 14.8 Å². The van der Waals surface area contributed by atoms with Crippen LogP contribution in [0.4, 0.5) is 0 Å². The van der Waals surface area contributed by atoms with Crippen LogP contribution in [0, 0.1) is 0 Å². The van der Waals surface area contributed by atoms with Crippen LogP contribution in [0.5, 0.6) is 5.75 Å². The smallest absolute Gasteiger partial charge is 0.352 e. The van der Waals surface area contributed by atoms with E-state index in [0.29, 0.717) is 16.8 Å². The third-order valence-electron chi connectivity index (χ3n) is 1.85. The fourth-order valence-corrected chi connectivity index (χ4v) is 1.20. The van der Waals surface area contributed by atoms with Crippen LogP contribution in [0.15, 0.2) is 12.3 Å². The van der Waals surface area contributed by atoms with Crippen molar-refractivity contribution in [2.45, 2.75) is 0 Å². The quantitative estimate of drug-likeness (QED) is 0.731. The van der Waals surface area contributed by atoms with Gasteiger partial charge in [0.1, 0.15) is 11.4 Å². The Bertz CT molecular complexity index is 492. The van der Waals surface area contributed by atoms with E-state index < -0.39 is 5.97 Å². The van der Waals surface area contributed by atoms with Crippen LogP contribution in [0.2, 0.25) is 0 Å². The van der Waals surface area contributed by atoms with Gasteiger partial charge in [0.2, 0.25) is 0 Å². The molecule has 2 N–H and O–H groups in total. The number of fused-ring (bicyclic) bond motifs is 1. The number of aromatic amines is 1. The Morgan fingerprint density at radius 3 is 3.07 bits per heavy atom. The van der Waals surface area contributed by atoms with Crippen molar-refractivity contribution in [3.05, 3.63) is 18.0 Å². The summed E-state index contributed by atoms with van der Waals surface area (Å²) < 4.78 is 5.01. The second kappa shape index (κ2) is 2.99. The van der Waals surface area contributed by atoms with Gasteiger partial charge in [0.15, 0.2) is 5.65 Å². The molecule has 0 aromatic carbocycles. The van der Waals surface area contributed by atoms with Crippen LogP contribution in [-0.4, -0.2) is 33.4 Å². The van der Waals surface area contributed by atoms with Gasteiger partial charge in [0.05, 0.1) is 18.7 Å². The Balaban J connectivity index is 2.70. The Hall–Kier alpha value is -2.11. The summed E-state index contributed by atoms with van der Waals surface area (Å²) in [6.07, 6.45) is 1.43. The Kier molecular flexibility index (Phi) is 1.81. The fraction of sp³-hybridized carbons (Fsp3) is 0.125. The Labute approximate surface area is 78.5 Å². The monoisotopic (exact) mass is 193 g/mol. The minimum absolute atomic E-state index is 0.0683. The Morgan fingerprint density at radius 2 is 2.43 bits per heavy atom. The van der Waals surface area contributed by atoms with Gasteiger partial charge in [-0.15, -0.1) is 5.10 Å². The highest BCUT2D eigenvalue weighted by Gasteiger charge is 2.11. The van der Waals surface area contributed by atoms with E-state index in [0.717, 1.165) is 0 Å². The van der Waals surface area contributed by atoms with Crippen LogP contribution < -0.4 is 4.74 Å². The van der Waals surface area contributed by atoms with E-state index in [2.05, 4.69) is 15.2 Å². The normalized spacial score (nSPS) is 10.4. The lowest BCUT2D eigenvalue weighted by Crippen LogP contribution is -1.95. The first-order valence-corrected chi connectivity index (χ1v) is 3.84. The van der Waals surface area contributed by atoms with E-state index in [1.165, 1.54) is 19.4 Å². The molecule has 0 spiro atoms. The number of carboxylic acids is 1. The number of methoxy groups -OCH3 is 1. The number of aromatic carboxylic acids is 1. The summed E-state index contributed by atoms with van der Waals surface area (Å²) in [6.45, 7) is 0. The SMILES string of the molecule is COc1cnnc2[nH]c(C(=O)O)cc12. The van der Waals surface area contributed by atoms with Crippen molar-refractivity contribution in [3.8, 4) is 5.75 Å². The summed E-state index contributed by atoms with van der Waals surface area (Å²) in [5.74, 6) is -0.538. The number of nitrogens with zero attached hydrogens (tertiary/aromatic N) is 2. The summed E-state index contributed by atoms with van der Waals surface area (Å²) in [4.78, 5) is 13.3. The second-order valence-electron chi connectivity index (χ2n) is 2.66. The van der Waals surface area contributed by atoms with Gasteiger partial charge in [0.25, 0.3) is 0 Å². The van der Waals surface area contributed by atoms with Crippen LogP contribution in [0.25, 0.3) is 11.0 Å². The molecule has 6 nitrogen and oxygen atoms in total. The van der Waals surface area contributed by atoms with Gasteiger partial charge >= 0.3 is 5.97 Å².